The molecule has 4 atom stereocenters. The van der Waals surface area contributed by atoms with Gasteiger partial charge in [0.1, 0.15) is 25.9 Å². The van der Waals surface area contributed by atoms with E-state index in [0.29, 0.717) is 0 Å². The summed E-state index contributed by atoms with van der Waals surface area (Å²) in [6.45, 7) is -0.715. The lowest BCUT2D eigenvalue weighted by molar-refractivity contribution is -0.113. The number of halogens is 1. The topological polar surface area (TPSA) is 98.0 Å². The normalized spacial score (nSPS) is 22.2. The van der Waals surface area contributed by atoms with Gasteiger partial charge in [0.05, 0.1) is 10.5 Å². The second kappa shape index (κ2) is 5.81. The molecule has 5 nitrogen and oxygen atoms in total. The van der Waals surface area contributed by atoms with Gasteiger partial charge in [0, 0.05) is 0 Å². The first-order valence-corrected chi connectivity index (χ1v) is 4.46. The number of hydrogen-bond donors (Lipinski definition) is 4. The SMILES string of the molecule is [2H]C(=O)[C@H](I)[C@@H](O)[C@H](O)[C@H](O)CO. The molecule has 0 aliphatic heterocycles. The maximum Gasteiger partial charge on any atom is 0.135 e. The van der Waals surface area contributed by atoms with Gasteiger partial charge in [-0.25, -0.2) is 0 Å². The highest BCUT2D eigenvalue weighted by Crippen LogP contribution is 2.10. The van der Waals surface area contributed by atoms with Crippen LogP contribution in [0.2, 0.25) is 0 Å². The van der Waals surface area contributed by atoms with Crippen LogP contribution in [-0.4, -0.2) is 55.5 Å². The summed E-state index contributed by atoms with van der Waals surface area (Å²) in [4.78, 5) is 10.4. The molecule has 12 heavy (non-hydrogen) atoms. The molecule has 0 saturated heterocycles. The second-order valence-electron chi connectivity index (χ2n) is 2.25. The van der Waals surface area contributed by atoms with E-state index >= 15 is 0 Å². The molecule has 0 rings (SSSR count). The molecule has 0 radical (unpaired) electrons. The lowest BCUT2D eigenvalue weighted by atomic mass is 10.1. The van der Waals surface area contributed by atoms with Gasteiger partial charge in [0.2, 0.25) is 0 Å². The van der Waals surface area contributed by atoms with Gasteiger partial charge in [-0.3, -0.25) is 0 Å². The summed E-state index contributed by atoms with van der Waals surface area (Å²) in [6.07, 6.45) is -5.72. The molecule has 6 heteroatoms. The van der Waals surface area contributed by atoms with E-state index in [0.717, 1.165) is 0 Å². The number of alkyl halides is 1. The van der Waals surface area contributed by atoms with E-state index in [4.69, 9.17) is 16.7 Å². The molecule has 0 heterocycles. The summed E-state index contributed by atoms with van der Waals surface area (Å²) >= 11 is 1.48. The maximum absolute atomic E-state index is 10.4. The Morgan fingerprint density at radius 3 is 2.25 bits per heavy atom. The number of aliphatic hydroxyl groups is 4. The van der Waals surface area contributed by atoms with Crippen molar-refractivity contribution < 1.29 is 26.6 Å². The Labute approximate surface area is 84.6 Å². The Hall–Kier alpha value is 0.240. The van der Waals surface area contributed by atoms with Crippen molar-refractivity contribution in [2.45, 2.75) is 22.2 Å². The second-order valence-corrected chi connectivity index (χ2v) is 3.59. The molecule has 0 bridgehead atoms. The number of aldehydes is 1. The van der Waals surface area contributed by atoms with Crippen LogP contribution in [0, 0.1) is 0 Å². The summed E-state index contributed by atoms with van der Waals surface area (Å²) < 4.78 is 5.53. The van der Waals surface area contributed by atoms with Gasteiger partial charge in [-0.2, -0.15) is 0 Å². The summed E-state index contributed by atoms with van der Waals surface area (Å²) in [7, 11) is 0. The third kappa shape index (κ3) is 3.31. The number of hydrogen-bond acceptors (Lipinski definition) is 5. The average Bonchev–Trinajstić information content (AvgIpc) is 2.12. The van der Waals surface area contributed by atoms with Crippen LogP contribution < -0.4 is 0 Å². The first-order valence-electron chi connectivity index (χ1n) is 3.71. The highest BCUT2D eigenvalue weighted by Gasteiger charge is 2.29. The number of carbonyl (C=O) groups excluding carboxylic acids is 1. The van der Waals surface area contributed by atoms with Crippen LogP contribution >= 0.6 is 22.6 Å². The summed E-state index contributed by atoms with van der Waals surface area (Å²) in [6, 6.07) is 0. The van der Waals surface area contributed by atoms with Gasteiger partial charge >= 0.3 is 0 Å². The van der Waals surface area contributed by atoms with E-state index in [1.165, 1.54) is 22.6 Å². The van der Waals surface area contributed by atoms with Crippen LogP contribution in [0.3, 0.4) is 0 Å². The first kappa shape index (κ1) is 10.3. The van der Waals surface area contributed by atoms with Crippen LogP contribution in [0.25, 0.3) is 0 Å². The van der Waals surface area contributed by atoms with Gasteiger partial charge in [-0.05, 0) is 0 Å². The van der Waals surface area contributed by atoms with Crippen molar-refractivity contribution in [2.24, 2.45) is 0 Å². The third-order valence-electron chi connectivity index (χ3n) is 1.34. The predicted octanol–water partition coefficient (Wildman–Crippen LogP) is -1.94. The molecular formula is C6H11IO5. The molecule has 0 aromatic rings. The van der Waals surface area contributed by atoms with Gasteiger partial charge in [-0.1, -0.05) is 22.6 Å². The molecule has 0 fully saturated rings. The molecule has 0 saturated carbocycles. The van der Waals surface area contributed by atoms with Crippen LogP contribution in [0.1, 0.15) is 1.37 Å². The van der Waals surface area contributed by atoms with E-state index in [1.807, 2.05) is 0 Å². The minimum atomic E-state index is -1.62. The highest BCUT2D eigenvalue weighted by atomic mass is 127. The molecule has 0 aromatic carbocycles. The maximum atomic E-state index is 10.4. The largest absolute Gasteiger partial charge is 0.394 e. The molecule has 0 aliphatic carbocycles. The van der Waals surface area contributed by atoms with Crippen LogP contribution in [0.15, 0.2) is 0 Å². The number of aliphatic hydroxyl groups excluding tert-OH is 4. The number of rotatable bonds is 5. The van der Waals surface area contributed by atoms with Gasteiger partial charge in [0.15, 0.2) is 0 Å². The summed E-state index contributed by atoms with van der Waals surface area (Å²) in [5, 5.41) is 35.6. The Morgan fingerprint density at radius 1 is 1.42 bits per heavy atom. The van der Waals surface area contributed by atoms with Crippen molar-refractivity contribution >= 4 is 28.9 Å². The molecule has 0 unspecified atom stereocenters. The van der Waals surface area contributed by atoms with E-state index < -0.39 is 35.1 Å². The summed E-state index contributed by atoms with van der Waals surface area (Å²) in [5.41, 5.74) is 0. The van der Waals surface area contributed by atoms with Gasteiger partial charge < -0.3 is 25.2 Å². The molecule has 0 amide bonds. The Bertz CT molecular complexity index is 178. The fraction of sp³-hybridized carbons (Fsp3) is 0.833. The average molecular weight is 291 g/mol. The van der Waals surface area contributed by atoms with Crippen molar-refractivity contribution in [3.8, 4) is 0 Å². The predicted molar refractivity (Wildman–Crippen MR) is 49.0 cm³/mol. The molecule has 4 N–H and O–H groups in total. The van der Waals surface area contributed by atoms with Crippen molar-refractivity contribution in [1.29, 1.82) is 0 Å². The Morgan fingerprint density at radius 2 is 1.92 bits per heavy atom. The van der Waals surface area contributed by atoms with Crippen molar-refractivity contribution in [1.82, 2.24) is 0 Å². The van der Waals surface area contributed by atoms with Crippen molar-refractivity contribution in [3.05, 3.63) is 0 Å². The number of carbonyl (C=O) groups is 1. The third-order valence-corrected chi connectivity index (χ3v) is 2.33. The van der Waals surface area contributed by atoms with Crippen molar-refractivity contribution in [2.75, 3.05) is 6.61 Å². The standard InChI is InChI=1S/C6H11IO5/c7-3(1-8)5(11)6(12)4(10)2-9/h1,3-6,9-12H,2H2/t3-,4+,5+,6+/m0/s1/i1D. The van der Waals surface area contributed by atoms with Gasteiger partial charge in [-0.15, -0.1) is 0 Å². The monoisotopic (exact) mass is 291 g/mol. The minimum Gasteiger partial charge on any atom is -0.394 e. The lowest BCUT2D eigenvalue weighted by Gasteiger charge is -2.22. The van der Waals surface area contributed by atoms with Gasteiger partial charge in [0.25, 0.3) is 0 Å². The van der Waals surface area contributed by atoms with E-state index in [9.17, 15) is 9.90 Å². The molecule has 0 aromatic heterocycles. The van der Waals surface area contributed by atoms with Crippen LogP contribution in [0.5, 0.6) is 0 Å². The fourth-order valence-corrected chi connectivity index (χ4v) is 1.00. The minimum absolute atomic E-state index is 0.715. The lowest BCUT2D eigenvalue weighted by Crippen LogP contribution is -2.44. The highest BCUT2D eigenvalue weighted by molar-refractivity contribution is 14.1. The quantitative estimate of drug-likeness (QED) is 0.268. The zero-order chi connectivity index (χ0) is 10.6. The van der Waals surface area contributed by atoms with Crippen LogP contribution in [0.4, 0.5) is 0 Å². The first-order chi connectivity index (χ1) is 5.91. The molecule has 72 valence electrons. The smallest absolute Gasteiger partial charge is 0.135 e. The van der Waals surface area contributed by atoms with Crippen LogP contribution in [-0.2, 0) is 4.79 Å². The molecule has 0 spiro atoms. The Kier molecular flexibility index (Phi) is 5.00. The zero-order valence-corrected chi connectivity index (χ0v) is 8.25. The fourth-order valence-electron chi connectivity index (χ4n) is 0.578. The van der Waals surface area contributed by atoms with Crippen molar-refractivity contribution in [3.63, 3.8) is 0 Å². The zero-order valence-electron chi connectivity index (χ0n) is 7.09. The molecular weight excluding hydrogens is 279 g/mol. The van der Waals surface area contributed by atoms with E-state index in [2.05, 4.69) is 0 Å². The summed E-state index contributed by atoms with van der Waals surface area (Å²) in [5.74, 6) is 0. The van der Waals surface area contributed by atoms with E-state index in [-0.39, 0.29) is 0 Å². The molecule has 0 aliphatic rings. The van der Waals surface area contributed by atoms with E-state index in [1.54, 1.807) is 0 Å². The Balaban J connectivity index is 4.24.